The van der Waals surface area contributed by atoms with Gasteiger partial charge in [-0.1, -0.05) is 46.4 Å². The van der Waals surface area contributed by atoms with Crippen molar-refractivity contribution in [3.8, 4) is 0 Å². The second-order valence-corrected chi connectivity index (χ2v) is 4.86. The average Bonchev–Trinajstić information content (AvgIpc) is 2.09. The van der Waals surface area contributed by atoms with E-state index in [0.29, 0.717) is 16.2 Å². The van der Waals surface area contributed by atoms with Gasteiger partial charge in [0.05, 0.1) is 5.03 Å². The molecule has 13 heavy (non-hydrogen) atoms. The molecule has 0 saturated heterocycles. The first-order valence-electron chi connectivity index (χ1n) is 3.46. The van der Waals surface area contributed by atoms with Gasteiger partial charge in [0.1, 0.15) is 0 Å². The standard InChI is InChI=1S/C8H6Cl4O/c1-3-5(9)4(2)8(11,12)7(13)6(3)10/h1-2H3. The smallest absolute Gasteiger partial charge is 0.214 e. The van der Waals surface area contributed by atoms with E-state index in [1.807, 2.05) is 0 Å². The maximum atomic E-state index is 11.5. The van der Waals surface area contributed by atoms with Crippen LogP contribution in [0, 0.1) is 0 Å². The van der Waals surface area contributed by atoms with Crippen LogP contribution in [-0.2, 0) is 4.79 Å². The lowest BCUT2D eigenvalue weighted by Gasteiger charge is -2.25. The van der Waals surface area contributed by atoms with Crippen molar-refractivity contribution in [2.24, 2.45) is 0 Å². The SMILES string of the molecule is CC1=C(Cl)C(=O)C(Cl)(Cl)C(C)=C1Cl. The molecule has 1 nitrogen and oxygen atoms in total. The molecule has 0 aromatic carbocycles. The van der Waals surface area contributed by atoms with Crippen molar-refractivity contribution >= 4 is 52.2 Å². The van der Waals surface area contributed by atoms with Gasteiger partial charge in [0, 0.05) is 5.03 Å². The monoisotopic (exact) mass is 258 g/mol. The second kappa shape index (κ2) is 3.47. The summed E-state index contributed by atoms with van der Waals surface area (Å²) in [5, 5.41) is 0.357. The molecule has 0 aromatic rings. The fraction of sp³-hybridized carbons (Fsp3) is 0.375. The summed E-state index contributed by atoms with van der Waals surface area (Å²) >= 11 is 23.1. The third-order valence-corrected chi connectivity index (χ3v) is 3.88. The maximum absolute atomic E-state index is 11.5. The number of hydrogen-bond acceptors (Lipinski definition) is 1. The molecular formula is C8H6Cl4O. The topological polar surface area (TPSA) is 17.1 Å². The van der Waals surface area contributed by atoms with Crippen LogP contribution in [0.4, 0.5) is 0 Å². The van der Waals surface area contributed by atoms with Crippen molar-refractivity contribution in [1.29, 1.82) is 0 Å². The Labute approximate surface area is 96.3 Å². The van der Waals surface area contributed by atoms with Gasteiger partial charge in [0.15, 0.2) is 0 Å². The van der Waals surface area contributed by atoms with Crippen molar-refractivity contribution in [2.45, 2.75) is 18.2 Å². The molecule has 0 N–H and O–H groups in total. The lowest BCUT2D eigenvalue weighted by Crippen LogP contribution is -2.31. The summed E-state index contributed by atoms with van der Waals surface area (Å²) in [4.78, 5) is 11.5. The lowest BCUT2D eigenvalue weighted by atomic mass is 9.99. The first-order chi connectivity index (χ1) is 5.80. The van der Waals surface area contributed by atoms with Gasteiger partial charge in [0.25, 0.3) is 0 Å². The predicted octanol–water partition coefficient (Wildman–Crippen LogP) is 3.77. The molecule has 1 aliphatic carbocycles. The molecule has 5 heteroatoms. The summed E-state index contributed by atoms with van der Waals surface area (Å²) in [5.41, 5.74) is 0.937. The molecular weight excluding hydrogens is 254 g/mol. The summed E-state index contributed by atoms with van der Waals surface area (Å²) in [6.45, 7) is 3.25. The summed E-state index contributed by atoms with van der Waals surface area (Å²) in [6.07, 6.45) is 0. The molecule has 0 amide bonds. The number of alkyl halides is 2. The molecule has 0 heterocycles. The third-order valence-electron chi connectivity index (χ3n) is 1.94. The van der Waals surface area contributed by atoms with E-state index in [-0.39, 0.29) is 5.03 Å². The van der Waals surface area contributed by atoms with Crippen molar-refractivity contribution in [3.63, 3.8) is 0 Å². The number of halogens is 4. The molecule has 0 saturated carbocycles. The minimum atomic E-state index is -1.62. The van der Waals surface area contributed by atoms with Gasteiger partial charge >= 0.3 is 0 Å². The molecule has 0 radical (unpaired) electrons. The number of rotatable bonds is 0. The highest BCUT2D eigenvalue weighted by Crippen LogP contribution is 2.44. The molecule has 0 unspecified atom stereocenters. The van der Waals surface area contributed by atoms with Crippen molar-refractivity contribution in [1.82, 2.24) is 0 Å². The second-order valence-electron chi connectivity index (χ2n) is 2.78. The van der Waals surface area contributed by atoms with E-state index >= 15 is 0 Å². The van der Waals surface area contributed by atoms with Crippen LogP contribution in [0.25, 0.3) is 0 Å². The van der Waals surface area contributed by atoms with Crippen molar-refractivity contribution in [3.05, 3.63) is 21.2 Å². The Balaban J connectivity index is 3.41. The quantitative estimate of drug-likeness (QED) is 0.606. The van der Waals surface area contributed by atoms with E-state index in [1.165, 1.54) is 0 Å². The molecule has 1 rings (SSSR count). The fourth-order valence-electron chi connectivity index (χ4n) is 0.994. The first kappa shape index (κ1) is 11.4. The van der Waals surface area contributed by atoms with Crippen LogP contribution in [-0.4, -0.2) is 10.1 Å². The zero-order valence-corrected chi connectivity index (χ0v) is 9.94. The molecule has 0 atom stereocenters. The zero-order valence-electron chi connectivity index (χ0n) is 6.92. The van der Waals surface area contributed by atoms with Crippen LogP contribution in [0.3, 0.4) is 0 Å². The Kier molecular flexibility index (Phi) is 3.04. The minimum absolute atomic E-state index is 0.000556. The number of ketones is 1. The van der Waals surface area contributed by atoms with Gasteiger partial charge in [-0.15, -0.1) is 0 Å². The van der Waals surface area contributed by atoms with Gasteiger partial charge in [-0.2, -0.15) is 0 Å². The normalized spacial score (nSPS) is 22.8. The Morgan fingerprint density at radius 3 is 2.00 bits per heavy atom. The largest absolute Gasteiger partial charge is 0.289 e. The molecule has 72 valence electrons. The Morgan fingerprint density at radius 1 is 1.08 bits per heavy atom. The maximum Gasteiger partial charge on any atom is 0.214 e. The first-order valence-corrected chi connectivity index (χ1v) is 4.97. The van der Waals surface area contributed by atoms with Crippen LogP contribution in [0.1, 0.15) is 13.8 Å². The van der Waals surface area contributed by atoms with Gasteiger partial charge in [-0.25, -0.2) is 0 Å². The summed E-state index contributed by atoms with van der Waals surface area (Å²) in [5.74, 6) is -0.517. The molecule has 0 aromatic heterocycles. The number of Topliss-reactive ketones (excluding diaryl/α,β-unsaturated/α-hetero) is 1. The number of hydrogen-bond donors (Lipinski definition) is 0. The lowest BCUT2D eigenvalue weighted by molar-refractivity contribution is -0.115. The van der Waals surface area contributed by atoms with Crippen LogP contribution in [0.5, 0.6) is 0 Å². The van der Waals surface area contributed by atoms with Gasteiger partial charge in [-0.05, 0) is 25.0 Å². The average molecular weight is 260 g/mol. The highest BCUT2D eigenvalue weighted by atomic mass is 35.5. The Morgan fingerprint density at radius 2 is 1.54 bits per heavy atom. The number of carbonyl (C=O) groups is 1. The zero-order chi connectivity index (χ0) is 10.4. The molecule has 0 bridgehead atoms. The molecule has 0 spiro atoms. The van der Waals surface area contributed by atoms with Gasteiger partial charge in [0.2, 0.25) is 10.1 Å². The minimum Gasteiger partial charge on any atom is -0.289 e. The van der Waals surface area contributed by atoms with E-state index < -0.39 is 10.1 Å². The fourth-order valence-corrected chi connectivity index (χ4v) is 2.09. The van der Waals surface area contributed by atoms with E-state index in [9.17, 15) is 4.79 Å². The Bertz CT molecular complexity index is 338. The van der Waals surface area contributed by atoms with E-state index in [4.69, 9.17) is 46.4 Å². The summed E-state index contributed by atoms with van der Waals surface area (Å²) < 4.78 is -1.62. The van der Waals surface area contributed by atoms with Gasteiger partial charge in [-0.3, -0.25) is 4.79 Å². The number of allylic oxidation sites excluding steroid dienone is 4. The Hall–Kier alpha value is 0.310. The molecule has 0 aliphatic heterocycles. The highest BCUT2D eigenvalue weighted by Gasteiger charge is 2.42. The predicted molar refractivity (Wildman–Crippen MR) is 56.6 cm³/mol. The van der Waals surface area contributed by atoms with Crippen LogP contribution >= 0.6 is 46.4 Å². The van der Waals surface area contributed by atoms with E-state index in [0.717, 1.165) is 0 Å². The summed E-state index contributed by atoms with van der Waals surface area (Å²) in [7, 11) is 0. The van der Waals surface area contributed by atoms with Crippen molar-refractivity contribution in [2.75, 3.05) is 0 Å². The van der Waals surface area contributed by atoms with Crippen molar-refractivity contribution < 1.29 is 4.79 Å². The van der Waals surface area contributed by atoms with E-state index in [2.05, 4.69) is 0 Å². The molecule has 1 aliphatic rings. The van der Waals surface area contributed by atoms with Crippen LogP contribution < -0.4 is 0 Å². The van der Waals surface area contributed by atoms with Crippen LogP contribution in [0.2, 0.25) is 0 Å². The summed E-state index contributed by atoms with van der Waals surface area (Å²) in [6, 6.07) is 0. The molecule has 0 fully saturated rings. The van der Waals surface area contributed by atoms with E-state index in [1.54, 1.807) is 13.8 Å². The third kappa shape index (κ3) is 1.63. The van der Waals surface area contributed by atoms with Crippen LogP contribution in [0.15, 0.2) is 21.2 Å². The van der Waals surface area contributed by atoms with Gasteiger partial charge < -0.3 is 0 Å². The number of carbonyl (C=O) groups excluding carboxylic acids is 1. The highest BCUT2D eigenvalue weighted by molar-refractivity contribution is 6.67.